The highest BCUT2D eigenvalue weighted by Gasteiger charge is 2.19. The van der Waals surface area contributed by atoms with Gasteiger partial charge in [-0.15, -0.1) is 0 Å². The molecule has 1 aromatic heterocycles. The van der Waals surface area contributed by atoms with Gasteiger partial charge in [-0.2, -0.15) is 0 Å². The lowest BCUT2D eigenvalue weighted by molar-refractivity contribution is -0.384. The van der Waals surface area contributed by atoms with Crippen LogP contribution in [0.2, 0.25) is 0 Å². The molecule has 1 heterocycles. The Kier molecular flexibility index (Phi) is 3.95. The zero-order chi connectivity index (χ0) is 14.5. The van der Waals surface area contributed by atoms with E-state index in [2.05, 4.69) is 6.58 Å². The number of nitrogens with zero attached hydrogens (tertiary/aromatic N) is 1. The van der Waals surface area contributed by atoms with Gasteiger partial charge in [-0.3, -0.25) is 10.1 Å². The number of nitro benzene ring substituents is 1. The molecule has 0 amide bonds. The van der Waals surface area contributed by atoms with E-state index in [1.54, 1.807) is 18.2 Å². The number of furan rings is 1. The molecule has 1 aromatic carbocycles. The Hall–Kier alpha value is -2.89. The molecule has 0 unspecified atom stereocenters. The van der Waals surface area contributed by atoms with E-state index in [1.807, 2.05) is 0 Å². The van der Waals surface area contributed by atoms with E-state index in [4.69, 9.17) is 9.15 Å². The van der Waals surface area contributed by atoms with Gasteiger partial charge in [0.1, 0.15) is 12.4 Å². The van der Waals surface area contributed by atoms with Crippen molar-refractivity contribution in [2.24, 2.45) is 0 Å². The fourth-order valence-corrected chi connectivity index (χ4v) is 1.64. The molecule has 0 fully saturated rings. The maximum atomic E-state index is 11.6. The second-order valence-corrected chi connectivity index (χ2v) is 3.83. The van der Waals surface area contributed by atoms with Crippen molar-refractivity contribution in [3.8, 4) is 11.3 Å². The first-order valence-corrected chi connectivity index (χ1v) is 5.75. The van der Waals surface area contributed by atoms with Gasteiger partial charge in [0.25, 0.3) is 5.69 Å². The van der Waals surface area contributed by atoms with Crippen LogP contribution in [0, 0.1) is 10.1 Å². The first-order chi connectivity index (χ1) is 9.63. The lowest BCUT2D eigenvalue weighted by atomic mass is 10.1. The van der Waals surface area contributed by atoms with E-state index in [9.17, 15) is 14.9 Å². The highest BCUT2D eigenvalue weighted by Crippen LogP contribution is 2.30. The third-order valence-corrected chi connectivity index (χ3v) is 2.51. The number of nitro groups is 1. The zero-order valence-corrected chi connectivity index (χ0v) is 10.4. The van der Waals surface area contributed by atoms with Crippen molar-refractivity contribution in [1.82, 2.24) is 0 Å². The summed E-state index contributed by atoms with van der Waals surface area (Å²) in [5.74, 6) is -0.419. The quantitative estimate of drug-likeness (QED) is 0.361. The zero-order valence-electron chi connectivity index (χ0n) is 10.4. The van der Waals surface area contributed by atoms with Crippen LogP contribution in [0.4, 0.5) is 5.69 Å². The second-order valence-electron chi connectivity index (χ2n) is 3.83. The average molecular weight is 273 g/mol. The van der Waals surface area contributed by atoms with E-state index >= 15 is 0 Å². The predicted octanol–water partition coefficient (Wildman–Crippen LogP) is 3.20. The summed E-state index contributed by atoms with van der Waals surface area (Å²) in [6, 6.07) is 9.04. The maximum Gasteiger partial charge on any atom is 0.374 e. The number of carbonyl (C=O) groups excluding carboxylic acids is 1. The second kappa shape index (κ2) is 5.83. The van der Waals surface area contributed by atoms with Crippen LogP contribution < -0.4 is 0 Å². The van der Waals surface area contributed by atoms with Crippen LogP contribution in [0.5, 0.6) is 0 Å². The fraction of sp³-hybridized carbons (Fsp3) is 0.0714. The molecule has 102 valence electrons. The Morgan fingerprint density at radius 2 is 2.10 bits per heavy atom. The van der Waals surface area contributed by atoms with Crippen molar-refractivity contribution in [2.45, 2.75) is 0 Å². The van der Waals surface area contributed by atoms with Gasteiger partial charge in [0, 0.05) is 6.07 Å². The third kappa shape index (κ3) is 2.74. The van der Waals surface area contributed by atoms with Gasteiger partial charge in [0.15, 0.2) is 0 Å². The number of hydrogen-bond donors (Lipinski definition) is 0. The van der Waals surface area contributed by atoms with Crippen LogP contribution in [0.15, 0.2) is 53.5 Å². The maximum absolute atomic E-state index is 11.6. The molecule has 0 radical (unpaired) electrons. The molecule has 0 spiro atoms. The smallest absolute Gasteiger partial charge is 0.374 e. The number of rotatable bonds is 5. The van der Waals surface area contributed by atoms with Gasteiger partial charge in [-0.05, 0) is 18.2 Å². The van der Waals surface area contributed by atoms with Crippen LogP contribution in [-0.4, -0.2) is 17.5 Å². The van der Waals surface area contributed by atoms with Crippen molar-refractivity contribution in [2.75, 3.05) is 6.61 Å². The monoisotopic (exact) mass is 273 g/mol. The minimum atomic E-state index is -0.644. The van der Waals surface area contributed by atoms with Crippen LogP contribution in [0.1, 0.15) is 10.6 Å². The van der Waals surface area contributed by atoms with E-state index in [0.717, 1.165) is 0 Å². The minimum Gasteiger partial charge on any atom is -0.456 e. The Morgan fingerprint density at radius 3 is 2.80 bits per heavy atom. The summed E-state index contributed by atoms with van der Waals surface area (Å²) in [6.45, 7) is 3.50. The molecule has 0 saturated carbocycles. The molecule has 6 nitrogen and oxygen atoms in total. The summed E-state index contributed by atoms with van der Waals surface area (Å²) >= 11 is 0. The number of ether oxygens (including phenoxy) is 1. The van der Waals surface area contributed by atoms with Gasteiger partial charge < -0.3 is 9.15 Å². The molecule has 0 atom stereocenters. The lowest BCUT2D eigenvalue weighted by Gasteiger charge is -2.00. The van der Waals surface area contributed by atoms with Crippen molar-refractivity contribution in [3.05, 3.63) is 64.9 Å². The summed E-state index contributed by atoms with van der Waals surface area (Å²) in [6.07, 6.45) is 1.43. The number of benzene rings is 1. The number of para-hydroxylation sites is 1. The van der Waals surface area contributed by atoms with Crippen molar-refractivity contribution >= 4 is 11.7 Å². The van der Waals surface area contributed by atoms with Gasteiger partial charge >= 0.3 is 5.97 Å². The van der Waals surface area contributed by atoms with Crippen LogP contribution >= 0.6 is 0 Å². The lowest BCUT2D eigenvalue weighted by Crippen LogP contribution is -2.03. The van der Waals surface area contributed by atoms with E-state index in [1.165, 1.54) is 24.3 Å². The Labute approximate surface area is 114 Å². The van der Waals surface area contributed by atoms with Gasteiger partial charge in [0.05, 0.1) is 10.5 Å². The van der Waals surface area contributed by atoms with Crippen LogP contribution in [-0.2, 0) is 4.74 Å². The molecule has 0 saturated heterocycles. The van der Waals surface area contributed by atoms with E-state index < -0.39 is 10.9 Å². The number of esters is 1. The molecular weight excluding hydrogens is 262 g/mol. The summed E-state index contributed by atoms with van der Waals surface area (Å²) in [7, 11) is 0. The van der Waals surface area contributed by atoms with Gasteiger partial charge in [0.2, 0.25) is 5.76 Å². The summed E-state index contributed by atoms with van der Waals surface area (Å²) in [4.78, 5) is 22.0. The standard InChI is InChI=1S/C14H11NO5/c1-2-9-19-14(16)13-8-7-12(20-13)10-5-3-4-6-11(10)15(17)18/h2-8H,1,9H2. The summed E-state index contributed by atoms with van der Waals surface area (Å²) < 4.78 is 10.1. The highest BCUT2D eigenvalue weighted by molar-refractivity contribution is 5.87. The minimum absolute atomic E-state index is 0.0139. The van der Waals surface area contributed by atoms with Gasteiger partial charge in [-0.1, -0.05) is 24.8 Å². The molecular formula is C14H11NO5. The average Bonchev–Trinajstić information content (AvgIpc) is 2.94. The molecule has 0 aliphatic heterocycles. The molecule has 0 aliphatic carbocycles. The van der Waals surface area contributed by atoms with Crippen LogP contribution in [0.25, 0.3) is 11.3 Å². The SMILES string of the molecule is C=CCOC(=O)c1ccc(-c2ccccc2[N+](=O)[O-])o1. The number of carbonyl (C=O) groups is 1. The Morgan fingerprint density at radius 1 is 1.35 bits per heavy atom. The van der Waals surface area contributed by atoms with Crippen molar-refractivity contribution < 1.29 is 18.9 Å². The molecule has 2 rings (SSSR count). The molecule has 0 aliphatic rings. The van der Waals surface area contributed by atoms with Gasteiger partial charge in [-0.25, -0.2) is 4.79 Å². The van der Waals surface area contributed by atoms with Crippen molar-refractivity contribution in [1.29, 1.82) is 0 Å². The summed E-state index contributed by atoms with van der Waals surface area (Å²) in [5, 5.41) is 10.9. The van der Waals surface area contributed by atoms with E-state index in [0.29, 0.717) is 5.56 Å². The first kappa shape index (κ1) is 13.5. The topological polar surface area (TPSA) is 82.6 Å². The van der Waals surface area contributed by atoms with Crippen molar-refractivity contribution in [3.63, 3.8) is 0 Å². The normalized spacial score (nSPS) is 10.0. The Bertz CT molecular complexity index is 659. The molecule has 6 heteroatoms. The molecule has 2 aromatic rings. The largest absolute Gasteiger partial charge is 0.456 e. The van der Waals surface area contributed by atoms with Crippen LogP contribution in [0.3, 0.4) is 0 Å². The molecule has 20 heavy (non-hydrogen) atoms. The Balaban J connectivity index is 2.32. The number of hydrogen-bond acceptors (Lipinski definition) is 5. The fourth-order valence-electron chi connectivity index (χ4n) is 1.64. The predicted molar refractivity (Wildman–Crippen MR) is 71.3 cm³/mol. The van der Waals surface area contributed by atoms with E-state index in [-0.39, 0.29) is 23.8 Å². The molecule has 0 bridgehead atoms. The third-order valence-electron chi connectivity index (χ3n) is 2.51. The first-order valence-electron chi connectivity index (χ1n) is 5.75. The highest BCUT2D eigenvalue weighted by atomic mass is 16.6. The molecule has 0 N–H and O–H groups in total. The summed E-state index contributed by atoms with van der Waals surface area (Å²) in [5.41, 5.74) is 0.216.